The van der Waals surface area contributed by atoms with E-state index < -0.39 is 47.3 Å². The minimum Gasteiger partial charge on any atom is -0.453 e. The fraction of sp³-hybridized carbons (Fsp3) is 0.300. The molecule has 0 bridgehead atoms. The number of amides is 1. The number of benzene rings is 3. The van der Waals surface area contributed by atoms with Gasteiger partial charge in [0.25, 0.3) is 26.1 Å². The molecule has 234 valence electrons. The molecule has 4 rings (SSSR count). The molecule has 14 heteroatoms. The standard InChI is InChI=1S/C30H33N3O9S2/c1-5-31-23-15-13-21-25(19-11-7-8-12-20(19)30(35)33(4)17-9-10-18(3)34)22-14-16-24(32-6-2)29(44(39,40)41)27(22)42-26(21)28(23)43(36,37)38/h7-8,11-16,31H,5-6,9-10,17H2,1-4H3,(H,36,37,38)(H,39,40,41). The lowest BCUT2D eigenvalue weighted by atomic mass is 9.90. The minimum absolute atomic E-state index is 0.00563. The Hall–Kier alpha value is -4.11. The highest BCUT2D eigenvalue weighted by molar-refractivity contribution is 7.86. The predicted molar refractivity (Wildman–Crippen MR) is 165 cm³/mol. The molecule has 0 radical (unpaired) electrons. The van der Waals surface area contributed by atoms with E-state index in [1.165, 1.54) is 36.1 Å². The molecular formula is C30H33N3O9S2. The highest BCUT2D eigenvalue weighted by Crippen LogP contribution is 2.46. The SMILES string of the molecule is CCN=c1ccc2c(-c3ccccc3C(=O)N(C)CCCC(C)=O)c3ccc(NCC)c(S(=O)(=O)O)c3oc-2c1S(=O)(=O)O. The van der Waals surface area contributed by atoms with E-state index in [2.05, 4.69) is 10.3 Å². The molecule has 3 N–H and O–H groups in total. The summed E-state index contributed by atoms with van der Waals surface area (Å²) in [6.45, 7) is 5.56. The average Bonchev–Trinajstić information content (AvgIpc) is 2.94. The van der Waals surface area contributed by atoms with Crippen LogP contribution in [-0.2, 0) is 25.0 Å². The fourth-order valence-corrected chi connectivity index (χ4v) is 6.73. The molecule has 1 aliphatic carbocycles. The van der Waals surface area contributed by atoms with Crippen LogP contribution < -0.4 is 10.7 Å². The largest absolute Gasteiger partial charge is 0.453 e. The van der Waals surface area contributed by atoms with E-state index >= 15 is 0 Å². The van der Waals surface area contributed by atoms with E-state index in [0.29, 0.717) is 18.4 Å². The quantitative estimate of drug-likeness (QED) is 0.155. The van der Waals surface area contributed by atoms with Crippen LogP contribution in [0.5, 0.6) is 0 Å². The van der Waals surface area contributed by atoms with Gasteiger partial charge in [-0.3, -0.25) is 18.9 Å². The molecule has 0 atom stereocenters. The van der Waals surface area contributed by atoms with Gasteiger partial charge in [0.2, 0.25) is 0 Å². The molecule has 12 nitrogen and oxygen atoms in total. The van der Waals surface area contributed by atoms with Crippen LogP contribution in [0.3, 0.4) is 0 Å². The summed E-state index contributed by atoms with van der Waals surface area (Å²) in [6, 6.07) is 12.4. The molecule has 44 heavy (non-hydrogen) atoms. The van der Waals surface area contributed by atoms with E-state index in [-0.39, 0.29) is 58.5 Å². The molecule has 0 spiro atoms. The molecule has 0 saturated carbocycles. The molecule has 1 amide bonds. The maximum atomic E-state index is 13.7. The second kappa shape index (κ2) is 12.9. The van der Waals surface area contributed by atoms with Gasteiger partial charge in [0.15, 0.2) is 21.1 Å². The monoisotopic (exact) mass is 643 g/mol. The van der Waals surface area contributed by atoms with E-state index in [1.807, 2.05) is 0 Å². The molecule has 0 aromatic heterocycles. The van der Waals surface area contributed by atoms with Gasteiger partial charge in [-0.1, -0.05) is 18.2 Å². The third kappa shape index (κ3) is 6.53. The maximum Gasteiger partial charge on any atom is 0.300 e. The smallest absolute Gasteiger partial charge is 0.300 e. The van der Waals surface area contributed by atoms with Crippen molar-refractivity contribution in [2.45, 2.75) is 43.4 Å². The highest BCUT2D eigenvalue weighted by Gasteiger charge is 2.32. The van der Waals surface area contributed by atoms with Crippen LogP contribution in [0.15, 0.2) is 67.7 Å². The maximum absolute atomic E-state index is 13.7. The lowest BCUT2D eigenvalue weighted by Crippen LogP contribution is -2.28. The topological polar surface area (TPSA) is 184 Å². The summed E-state index contributed by atoms with van der Waals surface area (Å²) in [6.07, 6.45) is 0.743. The van der Waals surface area contributed by atoms with Crippen LogP contribution in [-0.4, -0.2) is 69.2 Å². The Bertz CT molecular complexity index is 2020. The molecular weight excluding hydrogens is 610 g/mol. The number of anilines is 1. The lowest BCUT2D eigenvalue weighted by molar-refractivity contribution is -0.117. The third-order valence-electron chi connectivity index (χ3n) is 6.95. The third-order valence-corrected chi connectivity index (χ3v) is 8.79. The number of ketones is 1. The van der Waals surface area contributed by atoms with Gasteiger partial charge in [0.05, 0.1) is 11.0 Å². The van der Waals surface area contributed by atoms with Gasteiger partial charge in [0, 0.05) is 55.2 Å². The average molecular weight is 644 g/mol. The van der Waals surface area contributed by atoms with Gasteiger partial charge >= 0.3 is 0 Å². The zero-order valence-electron chi connectivity index (χ0n) is 24.6. The van der Waals surface area contributed by atoms with Crippen molar-refractivity contribution in [2.24, 2.45) is 4.99 Å². The Morgan fingerprint density at radius 3 is 2.23 bits per heavy atom. The summed E-state index contributed by atoms with van der Waals surface area (Å²) in [4.78, 5) is 29.5. The number of carbonyl (C=O) groups excluding carboxylic acids is 2. The normalized spacial score (nSPS) is 12.5. The van der Waals surface area contributed by atoms with E-state index in [4.69, 9.17) is 4.42 Å². The number of nitrogens with zero attached hydrogens (tertiary/aromatic N) is 2. The second-order valence-electron chi connectivity index (χ2n) is 10.1. The van der Waals surface area contributed by atoms with Gasteiger partial charge in [0.1, 0.15) is 5.78 Å². The Morgan fingerprint density at radius 2 is 1.61 bits per heavy atom. The minimum atomic E-state index is -4.99. The fourth-order valence-electron chi connectivity index (χ4n) is 5.14. The Labute approximate surface area is 255 Å². The van der Waals surface area contributed by atoms with Gasteiger partial charge in [-0.15, -0.1) is 0 Å². The molecule has 2 aromatic rings. The summed E-state index contributed by atoms with van der Waals surface area (Å²) in [7, 11) is -8.38. The lowest BCUT2D eigenvalue weighted by Gasteiger charge is -2.23. The van der Waals surface area contributed by atoms with E-state index in [9.17, 15) is 35.5 Å². The first-order valence-electron chi connectivity index (χ1n) is 13.8. The van der Waals surface area contributed by atoms with Crippen molar-refractivity contribution in [1.82, 2.24) is 4.90 Å². The molecule has 0 fully saturated rings. The van der Waals surface area contributed by atoms with Crippen LogP contribution in [0, 0.1) is 0 Å². The van der Waals surface area contributed by atoms with Crippen molar-refractivity contribution in [3.63, 3.8) is 0 Å². The Balaban J connectivity index is 2.20. The van der Waals surface area contributed by atoms with Crippen LogP contribution >= 0.6 is 0 Å². The van der Waals surface area contributed by atoms with Crippen LogP contribution in [0.1, 0.15) is 44.0 Å². The molecule has 0 saturated heterocycles. The predicted octanol–water partition coefficient (Wildman–Crippen LogP) is 4.49. The van der Waals surface area contributed by atoms with Gasteiger partial charge in [-0.25, -0.2) is 0 Å². The van der Waals surface area contributed by atoms with Crippen molar-refractivity contribution in [1.29, 1.82) is 0 Å². The molecule has 1 aliphatic heterocycles. The zero-order valence-corrected chi connectivity index (χ0v) is 26.3. The van der Waals surface area contributed by atoms with E-state index in [0.717, 1.165) is 0 Å². The van der Waals surface area contributed by atoms with Gasteiger partial charge in [-0.05, 0) is 63.1 Å². The van der Waals surface area contributed by atoms with Crippen molar-refractivity contribution >= 4 is 48.6 Å². The summed E-state index contributed by atoms with van der Waals surface area (Å²) in [5, 5.41) is 2.88. The van der Waals surface area contributed by atoms with Crippen molar-refractivity contribution in [3.05, 3.63) is 59.5 Å². The number of hydrogen-bond donors (Lipinski definition) is 3. The number of Topliss-reactive ketones (excluding diaryl/α,β-unsaturated/α-hetero) is 1. The van der Waals surface area contributed by atoms with Gasteiger partial charge < -0.3 is 19.4 Å². The number of carbonyl (C=O) groups is 2. The first-order valence-corrected chi connectivity index (χ1v) is 16.7. The molecule has 0 unspecified atom stereocenters. The molecule has 2 aliphatic rings. The number of hydrogen-bond acceptors (Lipinski definition) is 9. The first-order chi connectivity index (χ1) is 20.7. The van der Waals surface area contributed by atoms with Crippen LogP contribution in [0.2, 0.25) is 0 Å². The zero-order chi connectivity index (χ0) is 32.4. The second-order valence-corrected chi connectivity index (χ2v) is 12.8. The highest BCUT2D eigenvalue weighted by atomic mass is 32.2. The molecule has 2 aromatic carbocycles. The first kappa shape index (κ1) is 32.8. The van der Waals surface area contributed by atoms with Crippen molar-refractivity contribution < 1.29 is 39.9 Å². The van der Waals surface area contributed by atoms with E-state index in [1.54, 1.807) is 45.2 Å². The van der Waals surface area contributed by atoms with Crippen molar-refractivity contribution in [3.8, 4) is 22.5 Å². The van der Waals surface area contributed by atoms with Crippen LogP contribution in [0.4, 0.5) is 5.69 Å². The summed E-state index contributed by atoms with van der Waals surface area (Å²) in [5.41, 5.74) is 0.463. The number of rotatable bonds is 11. The summed E-state index contributed by atoms with van der Waals surface area (Å²) >= 11 is 0. The summed E-state index contributed by atoms with van der Waals surface area (Å²) < 4.78 is 77.7. The Morgan fingerprint density at radius 1 is 0.932 bits per heavy atom. The van der Waals surface area contributed by atoms with Crippen molar-refractivity contribution in [2.75, 3.05) is 32.0 Å². The summed E-state index contributed by atoms with van der Waals surface area (Å²) in [5.74, 6) is -0.828. The molecule has 1 heterocycles. The number of fused-ring (bicyclic) bond motifs is 2. The van der Waals surface area contributed by atoms with Gasteiger partial charge in [-0.2, -0.15) is 16.8 Å². The van der Waals surface area contributed by atoms with Crippen LogP contribution in [0.25, 0.3) is 33.4 Å². The number of nitrogens with one attached hydrogen (secondary N) is 1. The Kier molecular flexibility index (Phi) is 9.59.